The fourth-order valence-corrected chi connectivity index (χ4v) is 0.932. The summed E-state index contributed by atoms with van der Waals surface area (Å²) in [5, 5.41) is 1.16. The summed E-state index contributed by atoms with van der Waals surface area (Å²) in [6.07, 6.45) is 0.687. The second-order valence-corrected chi connectivity index (χ2v) is 3.25. The maximum atomic E-state index is 11.3. The van der Waals surface area contributed by atoms with Crippen LogP contribution >= 0.6 is 0 Å². The zero-order chi connectivity index (χ0) is 9.72. The summed E-state index contributed by atoms with van der Waals surface area (Å²) < 4.78 is 0. The quantitative estimate of drug-likeness (QED) is 0.627. The molecule has 0 saturated carbocycles. The van der Waals surface area contributed by atoms with E-state index in [0.29, 0.717) is 12.3 Å². The van der Waals surface area contributed by atoms with Gasteiger partial charge in [-0.05, 0) is 12.3 Å². The van der Waals surface area contributed by atoms with Crippen LogP contribution in [-0.4, -0.2) is 31.2 Å². The van der Waals surface area contributed by atoms with Crippen LogP contribution in [0.15, 0.2) is 0 Å². The highest BCUT2D eigenvalue weighted by Gasteiger charge is 2.18. The van der Waals surface area contributed by atoms with Crippen molar-refractivity contribution < 1.29 is 9.63 Å². The molecule has 1 atom stereocenters. The predicted molar refractivity (Wildman–Crippen MR) is 47.2 cm³/mol. The molecule has 0 radical (unpaired) electrons. The van der Waals surface area contributed by atoms with E-state index in [0.717, 1.165) is 5.06 Å². The molecule has 0 aliphatic carbocycles. The van der Waals surface area contributed by atoms with Gasteiger partial charge in [0.2, 0.25) is 0 Å². The molecule has 4 nitrogen and oxygen atoms in total. The highest BCUT2D eigenvalue weighted by molar-refractivity contribution is 5.80. The van der Waals surface area contributed by atoms with Gasteiger partial charge >= 0.3 is 0 Å². The van der Waals surface area contributed by atoms with Crippen LogP contribution in [0.25, 0.3) is 0 Å². The third kappa shape index (κ3) is 3.69. The largest absolute Gasteiger partial charge is 0.320 e. The first-order chi connectivity index (χ1) is 5.49. The number of hydrogen-bond donors (Lipinski definition) is 1. The van der Waals surface area contributed by atoms with Gasteiger partial charge in [0.15, 0.2) is 0 Å². The average Bonchev–Trinajstić information content (AvgIpc) is 2.00. The Morgan fingerprint density at radius 2 is 2.08 bits per heavy atom. The van der Waals surface area contributed by atoms with E-state index in [2.05, 4.69) is 0 Å². The summed E-state index contributed by atoms with van der Waals surface area (Å²) in [6.45, 7) is 4.06. The van der Waals surface area contributed by atoms with Crippen molar-refractivity contribution in [1.29, 1.82) is 0 Å². The summed E-state index contributed by atoms with van der Waals surface area (Å²) >= 11 is 0. The van der Waals surface area contributed by atoms with Gasteiger partial charge in [-0.15, -0.1) is 0 Å². The van der Waals surface area contributed by atoms with E-state index in [1.54, 1.807) is 7.05 Å². The summed E-state index contributed by atoms with van der Waals surface area (Å²) in [5.74, 6) is 0.250. The van der Waals surface area contributed by atoms with E-state index in [-0.39, 0.29) is 5.91 Å². The van der Waals surface area contributed by atoms with E-state index in [1.165, 1.54) is 7.11 Å². The molecule has 0 aromatic rings. The zero-order valence-electron chi connectivity index (χ0n) is 8.20. The number of amides is 1. The molecule has 0 unspecified atom stereocenters. The Bertz CT molecular complexity index is 148. The number of rotatable bonds is 4. The predicted octanol–water partition coefficient (Wildman–Crippen LogP) is 0.380. The zero-order valence-corrected chi connectivity index (χ0v) is 8.20. The van der Waals surface area contributed by atoms with Crippen LogP contribution < -0.4 is 5.73 Å². The maximum Gasteiger partial charge on any atom is 0.262 e. The number of carbonyl (C=O) groups excluding carboxylic acids is 1. The molecule has 12 heavy (non-hydrogen) atoms. The molecule has 0 aromatic heterocycles. The van der Waals surface area contributed by atoms with Crippen LogP contribution in [0.3, 0.4) is 0 Å². The molecule has 72 valence electrons. The minimum absolute atomic E-state index is 0.175. The summed E-state index contributed by atoms with van der Waals surface area (Å²) in [5.41, 5.74) is 5.62. The third-order valence-corrected chi connectivity index (χ3v) is 1.63. The number of nitrogens with zero attached hydrogens (tertiary/aromatic N) is 1. The normalized spacial score (nSPS) is 13.2. The molecule has 0 rings (SSSR count). The van der Waals surface area contributed by atoms with Gasteiger partial charge in [-0.25, -0.2) is 5.06 Å². The Morgan fingerprint density at radius 1 is 1.58 bits per heavy atom. The lowest BCUT2D eigenvalue weighted by Crippen LogP contribution is -2.41. The average molecular weight is 174 g/mol. The van der Waals surface area contributed by atoms with E-state index >= 15 is 0 Å². The molecule has 0 saturated heterocycles. The Kier molecular flexibility index (Phi) is 4.85. The van der Waals surface area contributed by atoms with E-state index in [9.17, 15) is 4.79 Å². The van der Waals surface area contributed by atoms with Crippen molar-refractivity contribution in [2.24, 2.45) is 11.7 Å². The van der Waals surface area contributed by atoms with Crippen molar-refractivity contribution in [3.05, 3.63) is 0 Å². The molecule has 2 N–H and O–H groups in total. The molecule has 0 spiro atoms. The van der Waals surface area contributed by atoms with Crippen LogP contribution in [0, 0.1) is 5.92 Å². The van der Waals surface area contributed by atoms with Gasteiger partial charge in [0, 0.05) is 7.05 Å². The smallest absolute Gasteiger partial charge is 0.262 e. The Hall–Kier alpha value is -0.610. The van der Waals surface area contributed by atoms with Gasteiger partial charge < -0.3 is 5.73 Å². The fraction of sp³-hybridized carbons (Fsp3) is 0.875. The van der Waals surface area contributed by atoms with Crippen molar-refractivity contribution in [3.63, 3.8) is 0 Å². The summed E-state index contributed by atoms with van der Waals surface area (Å²) in [6, 6.07) is -0.449. The number of carbonyl (C=O) groups is 1. The van der Waals surface area contributed by atoms with E-state index in [1.807, 2.05) is 13.8 Å². The first-order valence-corrected chi connectivity index (χ1v) is 4.06. The lowest BCUT2D eigenvalue weighted by atomic mass is 10.0. The Labute approximate surface area is 73.6 Å². The lowest BCUT2D eigenvalue weighted by molar-refractivity contribution is -0.170. The molecular weight excluding hydrogens is 156 g/mol. The number of hydroxylamine groups is 2. The van der Waals surface area contributed by atoms with Crippen molar-refractivity contribution in [2.75, 3.05) is 14.2 Å². The summed E-state index contributed by atoms with van der Waals surface area (Å²) in [7, 11) is 3.00. The Morgan fingerprint density at radius 3 is 2.42 bits per heavy atom. The lowest BCUT2D eigenvalue weighted by Gasteiger charge is -2.19. The molecule has 0 bridgehead atoms. The highest BCUT2D eigenvalue weighted by atomic mass is 16.7. The summed E-state index contributed by atoms with van der Waals surface area (Å²) in [4.78, 5) is 16.0. The van der Waals surface area contributed by atoms with E-state index in [4.69, 9.17) is 10.6 Å². The molecule has 0 aliphatic heterocycles. The third-order valence-electron chi connectivity index (χ3n) is 1.63. The van der Waals surface area contributed by atoms with Crippen molar-refractivity contribution in [3.8, 4) is 0 Å². The van der Waals surface area contributed by atoms with Crippen LogP contribution in [0.2, 0.25) is 0 Å². The number of likely N-dealkylation sites (N-methyl/N-ethyl adjacent to an activating group) is 1. The minimum Gasteiger partial charge on any atom is -0.320 e. The Balaban J connectivity index is 3.92. The molecule has 1 amide bonds. The molecule has 0 aromatic carbocycles. The van der Waals surface area contributed by atoms with Gasteiger partial charge in [-0.2, -0.15) is 0 Å². The fourth-order valence-electron chi connectivity index (χ4n) is 0.932. The maximum absolute atomic E-state index is 11.3. The molecular formula is C8H18N2O2. The van der Waals surface area contributed by atoms with Crippen molar-refractivity contribution in [1.82, 2.24) is 5.06 Å². The molecule has 0 heterocycles. The van der Waals surface area contributed by atoms with Crippen LogP contribution in [-0.2, 0) is 9.63 Å². The minimum atomic E-state index is -0.449. The van der Waals surface area contributed by atoms with Gasteiger partial charge in [0.1, 0.15) is 0 Å². The van der Waals surface area contributed by atoms with Gasteiger partial charge in [0.25, 0.3) is 5.91 Å². The second-order valence-electron chi connectivity index (χ2n) is 3.25. The van der Waals surface area contributed by atoms with Gasteiger partial charge in [0.05, 0.1) is 13.2 Å². The SMILES string of the molecule is CON(C)C(=O)[C@H](N)CC(C)C. The highest BCUT2D eigenvalue weighted by Crippen LogP contribution is 2.04. The monoisotopic (exact) mass is 174 g/mol. The standard InChI is InChI=1S/C8H18N2O2/c1-6(2)5-7(9)8(11)10(3)12-4/h6-7H,5,9H2,1-4H3/t7-/m1/s1. The van der Waals surface area contributed by atoms with Crippen LogP contribution in [0.1, 0.15) is 20.3 Å². The van der Waals surface area contributed by atoms with Crippen LogP contribution in [0.4, 0.5) is 0 Å². The second kappa shape index (κ2) is 5.11. The molecule has 0 aliphatic rings. The molecule has 0 fully saturated rings. The first kappa shape index (κ1) is 11.4. The van der Waals surface area contributed by atoms with Crippen LogP contribution in [0.5, 0.6) is 0 Å². The van der Waals surface area contributed by atoms with Crippen molar-refractivity contribution >= 4 is 5.91 Å². The number of nitrogens with two attached hydrogens (primary N) is 1. The van der Waals surface area contributed by atoms with E-state index < -0.39 is 6.04 Å². The molecule has 4 heteroatoms. The topological polar surface area (TPSA) is 55.6 Å². The van der Waals surface area contributed by atoms with Gasteiger partial charge in [-0.3, -0.25) is 9.63 Å². The first-order valence-electron chi connectivity index (χ1n) is 4.06. The number of hydrogen-bond acceptors (Lipinski definition) is 3. The van der Waals surface area contributed by atoms with Crippen molar-refractivity contribution in [2.45, 2.75) is 26.3 Å². The van der Waals surface area contributed by atoms with Gasteiger partial charge in [-0.1, -0.05) is 13.8 Å².